The van der Waals surface area contributed by atoms with Crippen LogP contribution in [0.3, 0.4) is 0 Å². The molecule has 0 saturated heterocycles. The van der Waals surface area contributed by atoms with Crippen LogP contribution in [0, 0.1) is 11.8 Å². The van der Waals surface area contributed by atoms with Gasteiger partial charge in [0.15, 0.2) is 0 Å². The van der Waals surface area contributed by atoms with Gasteiger partial charge < -0.3 is 14.4 Å². The van der Waals surface area contributed by atoms with E-state index in [0.717, 1.165) is 34.4 Å². The maximum Gasteiger partial charge on any atom is 0.132 e. The lowest BCUT2D eigenvalue weighted by Crippen LogP contribution is -2.08. The molecular formula is C28H31NO5. The Bertz CT molecular complexity index is 1110. The largest absolute Gasteiger partial charge is 0.491 e. The average molecular weight is 462 g/mol. The van der Waals surface area contributed by atoms with Crippen molar-refractivity contribution in [1.29, 1.82) is 0 Å². The lowest BCUT2D eigenvalue weighted by atomic mass is 9.95. The standard InChI is InChI=1S/C28H31NO5/c1-5-23-16-22(19-32-26-11-6-21(4)7-12-26)8-13-27(23)24-9-10-25(18-29-30)28(17-24)31-14-15-33-34-20(2)3/h6-13,16-17H,2,5,14-15,18-19H2,1,3-4H3. The quantitative estimate of drug-likeness (QED) is 0.0908. The summed E-state index contributed by atoms with van der Waals surface area (Å²) < 4.78 is 11.8. The first-order chi connectivity index (χ1) is 16.5. The van der Waals surface area contributed by atoms with Gasteiger partial charge in [-0.25, -0.2) is 0 Å². The van der Waals surface area contributed by atoms with E-state index in [-0.39, 0.29) is 19.8 Å². The predicted molar refractivity (Wildman–Crippen MR) is 134 cm³/mol. The van der Waals surface area contributed by atoms with E-state index in [0.29, 0.717) is 18.1 Å². The molecule has 0 aliphatic heterocycles. The number of nitrogens with zero attached hydrogens (tertiary/aromatic N) is 1. The van der Waals surface area contributed by atoms with Gasteiger partial charge in [0, 0.05) is 5.56 Å². The molecule has 3 rings (SSSR count). The van der Waals surface area contributed by atoms with E-state index in [1.165, 1.54) is 11.1 Å². The highest BCUT2D eigenvalue weighted by Gasteiger charge is 2.11. The number of benzene rings is 3. The topological polar surface area (TPSA) is 66.3 Å². The van der Waals surface area contributed by atoms with Gasteiger partial charge in [0.1, 0.15) is 43.6 Å². The summed E-state index contributed by atoms with van der Waals surface area (Å²) in [5, 5.41) is 3.02. The Balaban J connectivity index is 1.75. The van der Waals surface area contributed by atoms with Gasteiger partial charge in [0.2, 0.25) is 0 Å². The van der Waals surface area contributed by atoms with Crippen molar-refractivity contribution in [2.24, 2.45) is 5.18 Å². The van der Waals surface area contributed by atoms with Crippen LogP contribution in [-0.2, 0) is 29.3 Å². The van der Waals surface area contributed by atoms with Crippen molar-refractivity contribution in [2.75, 3.05) is 13.2 Å². The fourth-order valence-electron chi connectivity index (χ4n) is 3.50. The summed E-state index contributed by atoms with van der Waals surface area (Å²) in [5.41, 5.74) is 6.35. The normalized spacial score (nSPS) is 10.6. The Morgan fingerprint density at radius 3 is 2.44 bits per heavy atom. The Morgan fingerprint density at radius 1 is 0.941 bits per heavy atom. The molecule has 6 heteroatoms. The molecular weight excluding hydrogens is 430 g/mol. The van der Waals surface area contributed by atoms with Crippen LogP contribution in [0.1, 0.15) is 36.1 Å². The molecule has 0 spiro atoms. The van der Waals surface area contributed by atoms with Crippen molar-refractivity contribution in [2.45, 2.75) is 40.3 Å². The molecule has 0 atom stereocenters. The smallest absolute Gasteiger partial charge is 0.132 e. The van der Waals surface area contributed by atoms with Crippen molar-refractivity contribution >= 4 is 0 Å². The van der Waals surface area contributed by atoms with Gasteiger partial charge in [-0.3, -0.25) is 0 Å². The van der Waals surface area contributed by atoms with E-state index >= 15 is 0 Å². The van der Waals surface area contributed by atoms with Crippen molar-refractivity contribution in [3.05, 3.63) is 100 Å². The summed E-state index contributed by atoms with van der Waals surface area (Å²) in [4.78, 5) is 20.8. The molecule has 0 unspecified atom stereocenters. The van der Waals surface area contributed by atoms with Gasteiger partial charge in [-0.2, -0.15) is 9.79 Å². The number of ether oxygens (including phenoxy) is 2. The molecule has 34 heavy (non-hydrogen) atoms. The van der Waals surface area contributed by atoms with E-state index in [1.807, 2.05) is 42.5 Å². The maximum atomic E-state index is 10.9. The second-order valence-electron chi connectivity index (χ2n) is 8.01. The summed E-state index contributed by atoms with van der Waals surface area (Å²) in [6, 6.07) is 20.2. The summed E-state index contributed by atoms with van der Waals surface area (Å²) in [5.74, 6) is 1.92. The van der Waals surface area contributed by atoms with Crippen LogP contribution in [0.4, 0.5) is 0 Å². The highest BCUT2D eigenvalue weighted by Crippen LogP contribution is 2.31. The fraction of sp³-hybridized carbons (Fsp3) is 0.286. The molecule has 3 aromatic carbocycles. The van der Waals surface area contributed by atoms with Gasteiger partial charge in [-0.1, -0.05) is 66.7 Å². The van der Waals surface area contributed by atoms with E-state index in [9.17, 15) is 4.91 Å². The van der Waals surface area contributed by atoms with Crippen molar-refractivity contribution in [3.8, 4) is 22.6 Å². The Labute approximate surface area is 201 Å². The minimum absolute atomic E-state index is 0.0364. The third kappa shape index (κ3) is 7.18. The molecule has 0 radical (unpaired) electrons. The van der Waals surface area contributed by atoms with Crippen molar-refractivity contribution in [3.63, 3.8) is 0 Å². The van der Waals surface area contributed by atoms with Crippen LogP contribution < -0.4 is 9.47 Å². The molecule has 3 aromatic rings. The summed E-state index contributed by atoms with van der Waals surface area (Å²) in [6.07, 6.45) is 0.869. The molecule has 0 aliphatic rings. The van der Waals surface area contributed by atoms with E-state index in [1.54, 1.807) is 6.92 Å². The zero-order valence-electron chi connectivity index (χ0n) is 20.0. The number of allylic oxidation sites excluding steroid dienone is 1. The number of hydrogen-bond acceptors (Lipinski definition) is 6. The van der Waals surface area contributed by atoms with Gasteiger partial charge in [-0.15, -0.1) is 0 Å². The first-order valence-electron chi connectivity index (χ1n) is 11.3. The zero-order chi connectivity index (χ0) is 24.3. The minimum atomic E-state index is 0.0364. The second kappa shape index (κ2) is 12.6. The highest BCUT2D eigenvalue weighted by atomic mass is 17.2. The fourth-order valence-corrected chi connectivity index (χ4v) is 3.50. The van der Waals surface area contributed by atoms with Crippen LogP contribution >= 0.6 is 0 Å². The highest BCUT2D eigenvalue weighted by molar-refractivity contribution is 5.70. The van der Waals surface area contributed by atoms with Crippen molar-refractivity contribution in [1.82, 2.24) is 0 Å². The Hall–Kier alpha value is -3.64. The molecule has 178 valence electrons. The van der Waals surface area contributed by atoms with Crippen LogP contribution in [0.5, 0.6) is 11.5 Å². The SMILES string of the molecule is C=C(C)OOCCOc1cc(-c2ccc(COc3ccc(C)cc3)cc2CC)ccc1CN=O. The third-order valence-corrected chi connectivity index (χ3v) is 5.22. The molecule has 0 aliphatic carbocycles. The van der Waals surface area contributed by atoms with E-state index in [4.69, 9.17) is 19.2 Å². The number of aryl methyl sites for hydroxylation is 2. The second-order valence-corrected chi connectivity index (χ2v) is 8.01. The van der Waals surface area contributed by atoms with Crippen LogP contribution in [0.2, 0.25) is 0 Å². The van der Waals surface area contributed by atoms with Gasteiger partial charge in [-0.05, 0) is 60.7 Å². The van der Waals surface area contributed by atoms with Gasteiger partial charge in [0.25, 0.3) is 0 Å². The number of nitroso groups, excluding NO2 is 1. The van der Waals surface area contributed by atoms with Gasteiger partial charge in [0.05, 0.1) is 0 Å². The molecule has 0 saturated carbocycles. The minimum Gasteiger partial charge on any atom is -0.491 e. The first-order valence-corrected chi connectivity index (χ1v) is 11.3. The molecule has 0 heterocycles. The summed E-state index contributed by atoms with van der Waals surface area (Å²) >= 11 is 0. The molecule has 0 amide bonds. The average Bonchev–Trinajstić information content (AvgIpc) is 2.84. The predicted octanol–water partition coefficient (Wildman–Crippen LogP) is 6.93. The first kappa shape index (κ1) is 25.0. The van der Waals surface area contributed by atoms with E-state index < -0.39 is 0 Å². The number of hydrogen-bond donors (Lipinski definition) is 0. The van der Waals surface area contributed by atoms with Crippen molar-refractivity contribution < 1.29 is 19.2 Å². The molecule has 0 N–H and O–H groups in total. The lowest BCUT2D eigenvalue weighted by Gasteiger charge is -2.15. The summed E-state index contributed by atoms with van der Waals surface area (Å²) in [6.45, 7) is 10.5. The van der Waals surface area contributed by atoms with Crippen LogP contribution in [-0.4, -0.2) is 13.2 Å². The Morgan fingerprint density at radius 2 is 1.74 bits per heavy atom. The third-order valence-electron chi connectivity index (χ3n) is 5.22. The lowest BCUT2D eigenvalue weighted by molar-refractivity contribution is -0.263. The maximum absolute atomic E-state index is 10.9. The Kier molecular flexibility index (Phi) is 9.23. The molecule has 0 fully saturated rings. The molecule has 0 bridgehead atoms. The molecule has 0 aromatic heterocycles. The zero-order valence-corrected chi connectivity index (χ0v) is 20.0. The van der Waals surface area contributed by atoms with Gasteiger partial charge >= 0.3 is 0 Å². The monoisotopic (exact) mass is 461 g/mol. The summed E-state index contributed by atoms with van der Waals surface area (Å²) in [7, 11) is 0. The van der Waals surface area contributed by atoms with E-state index in [2.05, 4.69) is 43.8 Å². The number of rotatable bonds is 13. The van der Waals surface area contributed by atoms with Crippen LogP contribution in [0.15, 0.2) is 78.2 Å². The molecule has 6 nitrogen and oxygen atoms in total. The van der Waals surface area contributed by atoms with Crippen LogP contribution in [0.25, 0.3) is 11.1 Å².